The molecule has 0 saturated carbocycles. The highest BCUT2D eigenvalue weighted by atomic mass is 35.5. The number of carbonyl (C=O) groups is 1. The fourth-order valence-electron chi connectivity index (χ4n) is 1.86. The van der Waals surface area contributed by atoms with Gasteiger partial charge in [-0.25, -0.2) is 4.98 Å². The van der Waals surface area contributed by atoms with Crippen molar-refractivity contribution in [3.63, 3.8) is 0 Å². The Labute approximate surface area is 130 Å². The number of nitrogens with one attached hydrogen (secondary N) is 1. The topological polar surface area (TPSA) is 67.8 Å². The summed E-state index contributed by atoms with van der Waals surface area (Å²) in [5, 5.41) is 13.2. The first-order chi connectivity index (χ1) is 10.2. The van der Waals surface area contributed by atoms with Crippen molar-refractivity contribution < 1.29 is 4.79 Å². The average Bonchev–Trinajstić information content (AvgIpc) is 2.95. The first kappa shape index (κ1) is 13.9. The second kappa shape index (κ2) is 5.75. The van der Waals surface area contributed by atoms with E-state index in [1.165, 1.54) is 11.3 Å². The molecule has 106 valence electrons. The highest BCUT2D eigenvalue weighted by Gasteiger charge is 2.13. The molecule has 0 unspecified atom stereocenters. The average molecular weight is 319 g/mol. The number of halogens is 1. The number of anilines is 1. The zero-order valence-corrected chi connectivity index (χ0v) is 12.7. The molecule has 3 rings (SSSR count). The Bertz CT molecular complexity index is 818. The Balaban J connectivity index is 1.90. The van der Waals surface area contributed by atoms with Crippen LogP contribution in [0, 0.1) is 0 Å². The van der Waals surface area contributed by atoms with Crippen molar-refractivity contribution in [2.45, 2.75) is 13.3 Å². The molecule has 2 aromatic heterocycles. The van der Waals surface area contributed by atoms with Crippen molar-refractivity contribution in [1.82, 2.24) is 15.2 Å². The molecule has 0 fully saturated rings. The van der Waals surface area contributed by atoms with E-state index in [1.807, 2.05) is 31.2 Å². The van der Waals surface area contributed by atoms with E-state index < -0.39 is 0 Å². The number of aryl methyl sites for hydroxylation is 1. The van der Waals surface area contributed by atoms with Gasteiger partial charge in [-0.3, -0.25) is 10.1 Å². The largest absolute Gasteiger partial charge is 0.295 e. The number of pyridine rings is 1. The van der Waals surface area contributed by atoms with Crippen molar-refractivity contribution >= 4 is 44.9 Å². The lowest BCUT2D eigenvalue weighted by Gasteiger charge is -2.04. The Hall–Kier alpha value is -2.05. The summed E-state index contributed by atoms with van der Waals surface area (Å²) in [4.78, 5) is 16.5. The Morgan fingerprint density at radius 1 is 1.33 bits per heavy atom. The minimum Gasteiger partial charge on any atom is -0.295 e. The molecule has 5 nitrogen and oxygen atoms in total. The summed E-state index contributed by atoms with van der Waals surface area (Å²) in [5.41, 5.74) is 0.939. The van der Waals surface area contributed by atoms with Gasteiger partial charge in [0.15, 0.2) is 0 Å². The summed E-state index contributed by atoms with van der Waals surface area (Å²) in [6, 6.07) is 8.97. The van der Waals surface area contributed by atoms with E-state index in [9.17, 15) is 4.79 Å². The summed E-state index contributed by atoms with van der Waals surface area (Å²) in [6.45, 7) is 1.98. The van der Waals surface area contributed by atoms with Crippen LogP contribution in [0.4, 0.5) is 5.13 Å². The van der Waals surface area contributed by atoms with Gasteiger partial charge in [-0.1, -0.05) is 48.1 Å². The van der Waals surface area contributed by atoms with Gasteiger partial charge in [0, 0.05) is 5.39 Å². The van der Waals surface area contributed by atoms with Crippen LogP contribution in [-0.2, 0) is 6.42 Å². The summed E-state index contributed by atoms with van der Waals surface area (Å²) in [5.74, 6) is -0.346. The lowest BCUT2D eigenvalue weighted by molar-refractivity contribution is 0.102. The van der Waals surface area contributed by atoms with Gasteiger partial charge in [0.1, 0.15) is 10.7 Å². The first-order valence-corrected chi connectivity index (χ1v) is 7.56. The van der Waals surface area contributed by atoms with E-state index in [0.29, 0.717) is 15.7 Å². The van der Waals surface area contributed by atoms with Crippen molar-refractivity contribution in [2.24, 2.45) is 0 Å². The maximum absolute atomic E-state index is 12.2. The molecule has 1 N–H and O–H groups in total. The van der Waals surface area contributed by atoms with Crippen LogP contribution in [0.2, 0.25) is 5.02 Å². The SMILES string of the molecule is CCc1nnc(NC(=O)c2cc(Cl)c3ccccc3n2)s1. The summed E-state index contributed by atoms with van der Waals surface area (Å²) >= 11 is 7.54. The third-order valence-electron chi connectivity index (χ3n) is 2.89. The minimum absolute atomic E-state index is 0.256. The molecule has 2 heterocycles. The monoisotopic (exact) mass is 318 g/mol. The third kappa shape index (κ3) is 2.86. The highest BCUT2D eigenvalue weighted by molar-refractivity contribution is 7.15. The lowest BCUT2D eigenvalue weighted by Crippen LogP contribution is -2.13. The maximum atomic E-state index is 12.2. The minimum atomic E-state index is -0.346. The van der Waals surface area contributed by atoms with E-state index in [4.69, 9.17) is 11.6 Å². The number of carbonyl (C=O) groups excluding carboxylic acids is 1. The molecule has 0 radical (unpaired) electrons. The number of benzene rings is 1. The van der Waals surface area contributed by atoms with Crippen LogP contribution in [-0.4, -0.2) is 21.1 Å². The smallest absolute Gasteiger partial charge is 0.276 e. The number of amides is 1. The van der Waals surface area contributed by atoms with Gasteiger partial charge in [0.05, 0.1) is 10.5 Å². The number of aromatic nitrogens is 3. The number of para-hydroxylation sites is 1. The lowest BCUT2D eigenvalue weighted by atomic mass is 10.2. The fraction of sp³-hybridized carbons (Fsp3) is 0.143. The Kier molecular flexibility index (Phi) is 3.81. The van der Waals surface area contributed by atoms with E-state index in [1.54, 1.807) is 6.07 Å². The van der Waals surface area contributed by atoms with E-state index >= 15 is 0 Å². The molecule has 7 heteroatoms. The van der Waals surface area contributed by atoms with Crippen molar-refractivity contribution in [2.75, 3.05) is 5.32 Å². The van der Waals surface area contributed by atoms with Crippen molar-refractivity contribution in [3.8, 4) is 0 Å². The number of hydrogen-bond donors (Lipinski definition) is 1. The molecule has 1 aromatic carbocycles. The van der Waals surface area contributed by atoms with Crippen LogP contribution < -0.4 is 5.32 Å². The first-order valence-electron chi connectivity index (χ1n) is 6.36. The molecule has 0 aliphatic carbocycles. The molecule has 3 aromatic rings. The molecular formula is C14H11ClN4OS. The van der Waals surface area contributed by atoms with Gasteiger partial charge in [0.2, 0.25) is 5.13 Å². The second-order valence-electron chi connectivity index (χ2n) is 4.32. The second-order valence-corrected chi connectivity index (χ2v) is 5.78. The van der Waals surface area contributed by atoms with E-state index in [0.717, 1.165) is 16.8 Å². The predicted octanol–water partition coefficient (Wildman–Crippen LogP) is 3.55. The predicted molar refractivity (Wildman–Crippen MR) is 84.0 cm³/mol. The van der Waals surface area contributed by atoms with Crippen LogP contribution in [0.3, 0.4) is 0 Å². The molecule has 0 aliphatic heterocycles. The van der Waals surface area contributed by atoms with Gasteiger partial charge in [0.25, 0.3) is 5.91 Å². The van der Waals surface area contributed by atoms with Crippen molar-refractivity contribution in [1.29, 1.82) is 0 Å². The number of nitrogens with zero attached hydrogens (tertiary/aromatic N) is 3. The maximum Gasteiger partial charge on any atom is 0.276 e. The van der Waals surface area contributed by atoms with Crippen LogP contribution >= 0.6 is 22.9 Å². The van der Waals surface area contributed by atoms with Gasteiger partial charge in [-0.05, 0) is 18.6 Å². The zero-order chi connectivity index (χ0) is 14.8. The van der Waals surface area contributed by atoms with Crippen molar-refractivity contribution in [3.05, 3.63) is 46.1 Å². The fourth-order valence-corrected chi connectivity index (χ4v) is 2.80. The molecule has 0 saturated heterocycles. The molecule has 0 atom stereocenters. The van der Waals surface area contributed by atoms with Crippen LogP contribution in [0.1, 0.15) is 22.4 Å². The van der Waals surface area contributed by atoms with E-state index in [2.05, 4.69) is 20.5 Å². The Morgan fingerprint density at radius 2 is 2.14 bits per heavy atom. The number of fused-ring (bicyclic) bond motifs is 1. The molecule has 0 spiro atoms. The highest BCUT2D eigenvalue weighted by Crippen LogP contribution is 2.23. The molecule has 0 aliphatic rings. The Morgan fingerprint density at radius 3 is 2.90 bits per heavy atom. The number of rotatable bonds is 3. The quantitative estimate of drug-likeness (QED) is 0.801. The van der Waals surface area contributed by atoms with E-state index in [-0.39, 0.29) is 11.6 Å². The molecule has 1 amide bonds. The van der Waals surface area contributed by atoms with Gasteiger partial charge >= 0.3 is 0 Å². The standard InChI is InChI=1S/C14H11ClN4OS/c1-2-12-18-19-14(21-12)17-13(20)11-7-9(15)8-5-3-4-6-10(8)16-11/h3-7H,2H2,1H3,(H,17,19,20). The molecular weight excluding hydrogens is 308 g/mol. The zero-order valence-electron chi connectivity index (χ0n) is 11.1. The van der Waals surface area contributed by atoms with Gasteiger partial charge < -0.3 is 0 Å². The summed E-state index contributed by atoms with van der Waals surface area (Å²) in [6.07, 6.45) is 0.785. The normalized spacial score (nSPS) is 10.8. The molecule has 21 heavy (non-hydrogen) atoms. The van der Waals surface area contributed by atoms with Crippen LogP contribution in [0.25, 0.3) is 10.9 Å². The van der Waals surface area contributed by atoms with Crippen LogP contribution in [0.5, 0.6) is 0 Å². The van der Waals surface area contributed by atoms with Gasteiger partial charge in [-0.2, -0.15) is 0 Å². The summed E-state index contributed by atoms with van der Waals surface area (Å²) < 4.78 is 0. The van der Waals surface area contributed by atoms with Crippen LogP contribution in [0.15, 0.2) is 30.3 Å². The third-order valence-corrected chi connectivity index (χ3v) is 4.18. The summed E-state index contributed by atoms with van der Waals surface area (Å²) in [7, 11) is 0. The number of hydrogen-bond acceptors (Lipinski definition) is 5. The van der Waals surface area contributed by atoms with Gasteiger partial charge in [-0.15, -0.1) is 10.2 Å². The molecule has 0 bridgehead atoms.